The largest absolute Gasteiger partial charge is 0.478 e. The van der Waals surface area contributed by atoms with E-state index in [4.69, 9.17) is 5.11 Å². The molecule has 2 unspecified atom stereocenters. The van der Waals surface area contributed by atoms with Crippen LogP contribution >= 0.6 is 0 Å². The van der Waals surface area contributed by atoms with Gasteiger partial charge in [0.25, 0.3) is 0 Å². The summed E-state index contributed by atoms with van der Waals surface area (Å²) in [6.45, 7) is 3.92. The lowest BCUT2D eigenvalue weighted by Gasteiger charge is -2.23. The standard InChI is InChI=1S/C29H25FN2O3/c1-18-5-3-4-6-24(18)26(17-28(32-35)22-13-14-31-19(2)15-22)21-9-7-20(8-10-21)25-12-11-23(29(33)34)16-27(25)30/h3-16,26,28H,17H2,1-2H3,(H,33,34). The minimum Gasteiger partial charge on any atom is -0.478 e. The molecule has 0 aliphatic carbocycles. The van der Waals surface area contributed by atoms with Crippen LogP contribution in [0.4, 0.5) is 4.39 Å². The second kappa shape index (κ2) is 10.4. The minimum atomic E-state index is -1.17. The highest BCUT2D eigenvalue weighted by atomic mass is 19.1. The summed E-state index contributed by atoms with van der Waals surface area (Å²) < 4.78 is 14.6. The predicted octanol–water partition coefficient (Wildman–Crippen LogP) is 7.23. The van der Waals surface area contributed by atoms with Crippen LogP contribution in [0, 0.1) is 24.6 Å². The van der Waals surface area contributed by atoms with Gasteiger partial charge in [0.1, 0.15) is 11.9 Å². The SMILES string of the molecule is Cc1cc(C(CC(c2ccc(-c3ccc(C(=O)O)cc3F)cc2)c2ccccc2C)N=O)ccn1. The van der Waals surface area contributed by atoms with Gasteiger partial charge in [-0.2, -0.15) is 4.91 Å². The van der Waals surface area contributed by atoms with E-state index in [1.165, 1.54) is 12.1 Å². The summed E-state index contributed by atoms with van der Waals surface area (Å²) in [6, 6.07) is 22.6. The van der Waals surface area contributed by atoms with Gasteiger partial charge in [-0.1, -0.05) is 59.8 Å². The Bertz CT molecular complexity index is 1370. The Morgan fingerprint density at radius 2 is 1.71 bits per heavy atom. The zero-order valence-corrected chi connectivity index (χ0v) is 19.5. The Labute approximate surface area is 203 Å². The molecule has 1 heterocycles. The van der Waals surface area contributed by atoms with E-state index in [0.717, 1.165) is 34.0 Å². The number of carboxylic acid groups (broad SMARTS) is 1. The number of carboxylic acids is 1. The first-order chi connectivity index (χ1) is 16.9. The lowest BCUT2D eigenvalue weighted by Crippen LogP contribution is -2.09. The van der Waals surface area contributed by atoms with Gasteiger partial charge < -0.3 is 5.11 Å². The summed E-state index contributed by atoms with van der Waals surface area (Å²) >= 11 is 0. The molecular weight excluding hydrogens is 443 g/mol. The maximum atomic E-state index is 14.6. The quantitative estimate of drug-likeness (QED) is 0.277. The lowest BCUT2D eigenvalue weighted by atomic mass is 9.82. The molecule has 2 atom stereocenters. The number of aromatic carboxylic acids is 1. The third-order valence-corrected chi connectivity index (χ3v) is 6.30. The first-order valence-corrected chi connectivity index (χ1v) is 11.3. The van der Waals surface area contributed by atoms with Crippen molar-refractivity contribution in [1.82, 2.24) is 4.98 Å². The Morgan fingerprint density at radius 3 is 2.34 bits per heavy atom. The van der Waals surface area contributed by atoms with Crippen molar-refractivity contribution in [2.45, 2.75) is 32.2 Å². The van der Waals surface area contributed by atoms with Crippen molar-refractivity contribution in [2.24, 2.45) is 5.18 Å². The molecule has 4 aromatic rings. The van der Waals surface area contributed by atoms with Crippen molar-refractivity contribution in [2.75, 3.05) is 0 Å². The third-order valence-electron chi connectivity index (χ3n) is 6.30. The van der Waals surface area contributed by atoms with E-state index >= 15 is 0 Å². The molecule has 35 heavy (non-hydrogen) atoms. The fourth-order valence-electron chi connectivity index (χ4n) is 4.44. The molecule has 3 aromatic carbocycles. The average Bonchev–Trinajstić information content (AvgIpc) is 2.85. The number of halogens is 1. The molecule has 0 saturated carbocycles. The minimum absolute atomic E-state index is 0.0961. The molecule has 0 radical (unpaired) electrons. The molecule has 0 spiro atoms. The van der Waals surface area contributed by atoms with E-state index in [1.54, 1.807) is 6.20 Å². The average molecular weight is 469 g/mol. The number of aromatic nitrogens is 1. The second-order valence-electron chi connectivity index (χ2n) is 8.62. The Morgan fingerprint density at radius 1 is 0.971 bits per heavy atom. The van der Waals surface area contributed by atoms with E-state index in [0.29, 0.717) is 17.5 Å². The van der Waals surface area contributed by atoms with Crippen LogP contribution in [0.3, 0.4) is 0 Å². The summed E-state index contributed by atoms with van der Waals surface area (Å²) in [7, 11) is 0. The van der Waals surface area contributed by atoms with Gasteiger partial charge in [-0.05, 0) is 72.4 Å². The molecule has 0 saturated heterocycles. The van der Waals surface area contributed by atoms with Gasteiger partial charge in [0, 0.05) is 23.4 Å². The molecule has 176 valence electrons. The number of pyridine rings is 1. The molecule has 4 rings (SSSR count). The normalized spacial score (nSPS) is 12.7. The molecule has 0 aliphatic rings. The van der Waals surface area contributed by atoms with Crippen LogP contribution in [0.25, 0.3) is 11.1 Å². The van der Waals surface area contributed by atoms with Gasteiger partial charge in [-0.3, -0.25) is 4.98 Å². The predicted molar refractivity (Wildman–Crippen MR) is 134 cm³/mol. The Kier molecular flexibility index (Phi) is 7.11. The topological polar surface area (TPSA) is 79.6 Å². The van der Waals surface area contributed by atoms with E-state index in [2.05, 4.69) is 16.2 Å². The molecule has 0 aliphatic heterocycles. The molecule has 0 bridgehead atoms. The highest BCUT2D eigenvalue weighted by molar-refractivity contribution is 5.88. The zero-order chi connectivity index (χ0) is 24.9. The van der Waals surface area contributed by atoms with Crippen LogP contribution in [-0.4, -0.2) is 16.1 Å². The van der Waals surface area contributed by atoms with Gasteiger partial charge >= 0.3 is 5.97 Å². The number of nitroso groups, excluding NO2 is 1. The van der Waals surface area contributed by atoms with Crippen molar-refractivity contribution in [3.8, 4) is 11.1 Å². The van der Waals surface area contributed by atoms with Crippen LogP contribution in [0.1, 0.15) is 56.7 Å². The van der Waals surface area contributed by atoms with Crippen LogP contribution in [-0.2, 0) is 0 Å². The Hall–Kier alpha value is -4.19. The van der Waals surface area contributed by atoms with Crippen molar-refractivity contribution >= 4 is 5.97 Å². The molecule has 1 aromatic heterocycles. The first kappa shape index (κ1) is 24.0. The maximum Gasteiger partial charge on any atom is 0.335 e. The molecule has 5 nitrogen and oxygen atoms in total. The van der Waals surface area contributed by atoms with Crippen molar-refractivity contribution in [3.05, 3.63) is 129 Å². The highest BCUT2D eigenvalue weighted by Crippen LogP contribution is 2.38. The summed E-state index contributed by atoms with van der Waals surface area (Å²) in [5.41, 5.74) is 5.69. The second-order valence-corrected chi connectivity index (χ2v) is 8.62. The lowest BCUT2D eigenvalue weighted by molar-refractivity contribution is 0.0696. The fourth-order valence-corrected chi connectivity index (χ4v) is 4.44. The zero-order valence-electron chi connectivity index (χ0n) is 19.5. The number of hydrogen-bond donors (Lipinski definition) is 1. The smallest absolute Gasteiger partial charge is 0.335 e. The number of hydrogen-bond acceptors (Lipinski definition) is 4. The number of benzene rings is 3. The number of nitrogens with zero attached hydrogens (tertiary/aromatic N) is 2. The number of aryl methyl sites for hydroxylation is 2. The van der Waals surface area contributed by atoms with Crippen molar-refractivity contribution < 1.29 is 14.3 Å². The van der Waals surface area contributed by atoms with Gasteiger partial charge in [0.15, 0.2) is 0 Å². The van der Waals surface area contributed by atoms with Crippen LogP contribution < -0.4 is 0 Å². The van der Waals surface area contributed by atoms with Gasteiger partial charge in [0.05, 0.1) is 5.56 Å². The van der Waals surface area contributed by atoms with E-state index in [9.17, 15) is 14.1 Å². The van der Waals surface area contributed by atoms with Crippen LogP contribution in [0.2, 0.25) is 0 Å². The number of carbonyl (C=O) groups is 1. The highest BCUT2D eigenvalue weighted by Gasteiger charge is 2.24. The van der Waals surface area contributed by atoms with Gasteiger partial charge in [-0.25, -0.2) is 9.18 Å². The monoisotopic (exact) mass is 468 g/mol. The van der Waals surface area contributed by atoms with E-state index in [1.807, 2.05) is 68.4 Å². The maximum absolute atomic E-state index is 14.6. The van der Waals surface area contributed by atoms with Crippen LogP contribution in [0.5, 0.6) is 0 Å². The summed E-state index contributed by atoms with van der Waals surface area (Å²) in [5.74, 6) is -1.87. The number of rotatable bonds is 8. The van der Waals surface area contributed by atoms with E-state index < -0.39 is 17.8 Å². The van der Waals surface area contributed by atoms with Gasteiger partial charge in [0.2, 0.25) is 0 Å². The van der Waals surface area contributed by atoms with E-state index in [-0.39, 0.29) is 11.5 Å². The third kappa shape index (κ3) is 5.32. The molecule has 0 amide bonds. The molecular formula is C29H25FN2O3. The molecule has 0 fully saturated rings. The molecule has 6 heteroatoms. The van der Waals surface area contributed by atoms with Crippen molar-refractivity contribution in [1.29, 1.82) is 0 Å². The fraction of sp³-hybridized carbons (Fsp3) is 0.172. The molecule has 1 N–H and O–H groups in total. The van der Waals surface area contributed by atoms with Crippen molar-refractivity contribution in [3.63, 3.8) is 0 Å². The summed E-state index contributed by atoms with van der Waals surface area (Å²) in [4.78, 5) is 27.2. The summed E-state index contributed by atoms with van der Waals surface area (Å²) in [6.07, 6.45) is 2.16. The Balaban J connectivity index is 1.71. The first-order valence-electron chi connectivity index (χ1n) is 11.3. The summed E-state index contributed by atoms with van der Waals surface area (Å²) in [5, 5.41) is 12.5. The van der Waals surface area contributed by atoms with Gasteiger partial charge in [-0.15, -0.1) is 0 Å². The van der Waals surface area contributed by atoms with Crippen LogP contribution in [0.15, 0.2) is 90.2 Å².